The van der Waals surface area contributed by atoms with E-state index in [2.05, 4.69) is 0 Å². The molecule has 1 nitrogen and oxygen atoms in total. The Kier molecular flexibility index (Phi) is 1.57. The lowest BCUT2D eigenvalue weighted by Gasteiger charge is -2.14. The summed E-state index contributed by atoms with van der Waals surface area (Å²) < 4.78 is 0. The summed E-state index contributed by atoms with van der Waals surface area (Å²) in [5.74, 6) is 0.158. The molecule has 57 valence electrons. The van der Waals surface area contributed by atoms with E-state index in [9.17, 15) is 5.11 Å². The van der Waals surface area contributed by atoms with Gasteiger partial charge < -0.3 is 0 Å². The first-order valence-electron chi connectivity index (χ1n) is 4.15. The molecule has 1 radical (unpaired) electrons. The second-order valence-corrected chi connectivity index (χ2v) is 3.14. The topological polar surface area (TPSA) is 19.9 Å². The van der Waals surface area contributed by atoms with Crippen molar-refractivity contribution in [1.29, 1.82) is 0 Å². The number of fused-ring (bicyclic) bond motifs is 1. The lowest BCUT2D eigenvalue weighted by molar-refractivity contribution is 0.354. The molecule has 0 atom stereocenters. The van der Waals surface area contributed by atoms with Crippen molar-refractivity contribution in [2.45, 2.75) is 25.7 Å². The molecular formula is C10H11O. The first kappa shape index (κ1) is 6.71. The molecule has 0 aromatic heterocycles. The van der Waals surface area contributed by atoms with Crippen LogP contribution in [0.15, 0.2) is 18.2 Å². The van der Waals surface area contributed by atoms with Gasteiger partial charge in [0.25, 0.3) is 0 Å². The predicted octanol–water partition coefficient (Wildman–Crippen LogP) is 2.71. The van der Waals surface area contributed by atoms with Gasteiger partial charge in [-0.1, -0.05) is 6.07 Å². The highest BCUT2D eigenvalue weighted by Crippen LogP contribution is 2.24. The van der Waals surface area contributed by atoms with Gasteiger partial charge in [-0.15, -0.1) is 0 Å². The largest absolute Gasteiger partial charge is 0.290 e. The van der Waals surface area contributed by atoms with E-state index in [-0.39, 0.29) is 5.75 Å². The molecule has 2 rings (SSSR count). The van der Waals surface area contributed by atoms with Crippen LogP contribution in [0.2, 0.25) is 0 Å². The van der Waals surface area contributed by atoms with Crippen LogP contribution in [-0.4, -0.2) is 0 Å². The van der Waals surface area contributed by atoms with Gasteiger partial charge in [-0.3, -0.25) is 5.11 Å². The van der Waals surface area contributed by atoms with Crippen molar-refractivity contribution in [1.82, 2.24) is 0 Å². The Bertz CT molecular complexity index is 266. The average Bonchev–Trinajstić information content (AvgIpc) is 2.04. The zero-order chi connectivity index (χ0) is 7.68. The van der Waals surface area contributed by atoms with E-state index in [1.807, 2.05) is 6.07 Å². The van der Waals surface area contributed by atoms with Crippen molar-refractivity contribution in [3.8, 4) is 5.75 Å². The van der Waals surface area contributed by atoms with E-state index in [0.29, 0.717) is 0 Å². The molecule has 1 heteroatoms. The number of rotatable bonds is 0. The van der Waals surface area contributed by atoms with E-state index in [4.69, 9.17) is 0 Å². The highest BCUT2D eigenvalue weighted by atomic mass is 16.3. The fourth-order valence-electron chi connectivity index (χ4n) is 1.71. The lowest BCUT2D eigenvalue weighted by Crippen LogP contribution is -2.01. The number of hydrogen-bond acceptors (Lipinski definition) is 0. The van der Waals surface area contributed by atoms with E-state index in [1.165, 1.54) is 24.0 Å². The molecule has 0 bridgehead atoms. The minimum Gasteiger partial charge on any atom is -0.290 e. The van der Waals surface area contributed by atoms with Crippen LogP contribution in [-0.2, 0) is 17.9 Å². The number of aryl methyl sites for hydroxylation is 2. The molecule has 1 aromatic carbocycles. The van der Waals surface area contributed by atoms with Crippen molar-refractivity contribution in [3.63, 3.8) is 0 Å². The summed E-state index contributed by atoms with van der Waals surface area (Å²) in [6.07, 6.45) is 4.79. The minimum absolute atomic E-state index is 0.158. The third kappa shape index (κ3) is 1.23. The second kappa shape index (κ2) is 2.57. The van der Waals surface area contributed by atoms with Crippen LogP contribution in [0.5, 0.6) is 5.75 Å². The number of benzene rings is 1. The van der Waals surface area contributed by atoms with Crippen LogP contribution in [0.3, 0.4) is 0 Å². The molecule has 1 aromatic rings. The Balaban J connectivity index is 2.43. The summed E-state index contributed by atoms with van der Waals surface area (Å²) in [6, 6.07) is 5.44. The first-order chi connectivity index (χ1) is 5.36. The van der Waals surface area contributed by atoms with Gasteiger partial charge in [-0.05, 0) is 48.9 Å². The maximum atomic E-state index is 10.9. The zero-order valence-corrected chi connectivity index (χ0v) is 6.47. The van der Waals surface area contributed by atoms with Crippen LogP contribution in [0.25, 0.3) is 0 Å². The van der Waals surface area contributed by atoms with Crippen molar-refractivity contribution < 1.29 is 5.11 Å². The Hall–Kier alpha value is -0.980. The van der Waals surface area contributed by atoms with E-state index in [0.717, 1.165) is 12.8 Å². The molecule has 0 N–H and O–H groups in total. The maximum absolute atomic E-state index is 10.9. The molecule has 0 spiro atoms. The lowest BCUT2D eigenvalue weighted by atomic mass is 9.92. The smallest absolute Gasteiger partial charge is 0.178 e. The van der Waals surface area contributed by atoms with Crippen LogP contribution < -0.4 is 0 Å². The molecule has 0 saturated carbocycles. The first-order valence-corrected chi connectivity index (χ1v) is 4.15. The van der Waals surface area contributed by atoms with Crippen LogP contribution in [0.1, 0.15) is 24.0 Å². The molecule has 0 amide bonds. The van der Waals surface area contributed by atoms with Crippen LogP contribution in [0, 0.1) is 0 Å². The van der Waals surface area contributed by atoms with Gasteiger partial charge in [0, 0.05) is 0 Å². The molecule has 0 unspecified atom stereocenters. The maximum Gasteiger partial charge on any atom is 0.178 e. The SMILES string of the molecule is [O]c1ccc2c(c1)CCCC2. The molecule has 0 fully saturated rings. The van der Waals surface area contributed by atoms with Gasteiger partial charge in [-0.25, -0.2) is 0 Å². The fourth-order valence-corrected chi connectivity index (χ4v) is 1.71. The summed E-state index contributed by atoms with van der Waals surface area (Å²) >= 11 is 0. The van der Waals surface area contributed by atoms with Gasteiger partial charge in [0.2, 0.25) is 0 Å². The van der Waals surface area contributed by atoms with Crippen molar-refractivity contribution in [3.05, 3.63) is 29.3 Å². The third-order valence-electron chi connectivity index (χ3n) is 2.32. The van der Waals surface area contributed by atoms with Crippen molar-refractivity contribution in [2.24, 2.45) is 0 Å². The summed E-state index contributed by atoms with van der Waals surface area (Å²) in [5, 5.41) is 10.9. The van der Waals surface area contributed by atoms with Crippen LogP contribution in [0.4, 0.5) is 0 Å². The minimum atomic E-state index is 0.158. The highest BCUT2D eigenvalue weighted by molar-refractivity contribution is 5.36. The van der Waals surface area contributed by atoms with Gasteiger partial charge in [0.05, 0.1) is 0 Å². The normalized spacial score (nSPS) is 16.0. The zero-order valence-electron chi connectivity index (χ0n) is 6.47. The molecule has 1 aliphatic rings. The van der Waals surface area contributed by atoms with Gasteiger partial charge >= 0.3 is 0 Å². The Morgan fingerprint density at radius 2 is 1.73 bits per heavy atom. The average molecular weight is 147 g/mol. The molecule has 0 heterocycles. The van der Waals surface area contributed by atoms with E-state index in [1.54, 1.807) is 12.1 Å². The molecule has 11 heavy (non-hydrogen) atoms. The Morgan fingerprint density at radius 1 is 1.00 bits per heavy atom. The van der Waals surface area contributed by atoms with Crippen molar-refractivity contribution >= 4 is 0 Å². The predicted molar refractivity (Wildman–Crippen MR) is 43.2 cm³/mol. The monoisotopic (exact) mass is 147 g/mol. The van der Waals surface area contributed by atoms with E-state index >= 15 is 0 Å². The highest BCUT2D eigenvalue weighted by Gasteiger charge is 2.08. The summed E-state index contributed by atoms with van der Waals surface area (Å²) in [7, 11) is 0. The number of hydrogen-bond donors (Lipinski definition) is 0. The van der Waals surface area contributed by atoms with Crippen LogP contribution >= 0.6 is 0 Å². The Labute approximate surface area is 66.7 Å². The van der Waals surface area contributed by atoms with Gasteiger partial charge in [0.15, 0.2) is 5.75 Å². The quantitative estimate of drug-likeness (QED) is 0.537. The molecular weight excluding hydrogens is 136 g/mol. The Morgan fingerprint density at radius 3 is 2.55 bits per heavy atom. The standard InChI is InChI=1S/C10H11O/c11-10-6-5-8-3-1-2-4-9(8)7-10/h5-7H,1-4H2. The summed E-state index contributed by atoms with van der Waals surface area (Å²) in [4.78, 5) is 0. The van der Waals surface area contributed by atoms with Gasteiger partial charge in [-0.2, -0.15) is 0 Å². The third-order valence-corrected chi connectivity index (χ3v) is 2.32. The van der Waals surface area contributed by atoms with E-state index < -0.39 is 0 Å². The second-order valence-electron chi connectivity index (χ2n) is 3.14. The van der Waals surface area contributed by atoms with Crippen molar-refractivity contribution in [2.75, 3.05) is 0 Å². The summed E-state index contributed by atoms with van der Waals surface area (Å²) in [5.41, 5.74) is 2.67. The fraction of sp³-hybridized carbons (Fsp3) is 0.400. The summed E-state index contributed by atoms with van der Waals surface area (Å²) in [6.45, 7) is 0. The molecule has 1 aliphatic carbocycles. The molecule has 0 saturated heterocycles. The molecule has 0 aliphatic heterocycles. The van der Waals surface area contributed by atoms with Gasteiger partial charge in [0.1, 0.15) is 0 Å².